The van der Waals surface area contributed by atoms with Gasteiger partial charge in [0.1, 0.15) is 5.76 Å². The summed E-state index contributed by atoms with van der Waals surface area (Å²) in [5, 5.41) is 0. The lowest BCUT2D eigenvalue weighted by Crippen LogP contribution is -2.60. The van der Waals surface area contributed by atoms with E-state index in [4.69, 9.17) is 9.47 Å². The van der Waals surface area contributed by atoms with E-state index >= 15 is 0 Å². The minimum Gasteiger partial charge on any atom is -0.468 e. The monoisotopic (exact) mass is 360 g/mol. The van der Waals surface area contributed by atoms with Crippen LogP contribution in [-0.4, -0.2) is 38.5 Å². The number of rotatable bonds is 5. The van der Waals surface area contributed by atoms with Gasteiger partial charge in [0.05, 0.1) is 6.61 Å². The predicted molar refractivity (Wildman–Crippen MR) is 71.8 cm³/mol. The molecule has 1 heterocycles. The number of hydrogen-bond acceptors (Lipinski definition) is 3. The molecule has 2 rings (SSSR count). The first kappa shape index (κ1) is 19.1. The van der Waals surface area contributed by atoms with Crippen LogP contribution >= 0.6 is 0 Å². The maximum atomic E-state index is 13.3. The van der Waals surface area contributed by atoms with Gasteiger partial charge in [0, 0.05) is 18.9 Å². The van der Waals surface area contributed by atoms with Gasteiger partial charge in [-0.3, -0.25) is 0 Å². The molecular weight excluding hydrogens is 342 g/mol. The summed E-state index contributed by atoms with van der Waals surface area (Å²) >= 11 is 0. The standard InChI is InChI=1S/C15H18F6O3/c1-3-4-9-10-7-24-13(14(16,17)18,15(19,20)21)11(10)5-6-12(9)23-8-22-2/h5-6,10-11H,3-4,7-8H2,1-2H3. The summed E-state index contributed by atoms with van der Waals surface area (Å²) in [5.74, 6) is -2.65. The smallest absolute Gasteiger partial charge is 0.427 e. The maximum absolute atomic E-state index is 13.3. The summed E-state index contributed by atoms with van der Waals surface area (Å²) in [4.78, 5) is 0. The average molecular weight is 360 g/mol. The average Bonchev–Trinajstić information content (AvgIpc) is 2.87. The Morgan fingerprint density at radius 3 is 2.33 bits per heavy atom. The van der Waals surface area contributed by atoms with Crippen molar-refractivity contribution in [2.45, 2.75) is 37.7 Å². The van der Waals surface area contributed by atoms with Gasteiger partial charge in [-0.05, 0) is 18.1 Å². The number of halogens is 6. The molecular formula is C15H18F6O3. The van der Waals surface area contributed by atoms with E-state index in [0.717, 1.165) is 12.2 Å². The van der Waals surface area contributed by atoms with Crippen LogP contribution in [0.2, 0.25) is 0 Å². The molecule has 0 amide bonds. The molecule has 0 saturated carbocycles. The first-order valence-electron chi connectivity index (χ1n) is 7.40. The van der Waals surface area contributed by atoms with E-state index in [-0.39, 0.29) is 12.6 Å². The molecule has 2 aliphatic rings. The van der Waals surface area contributed by atoms with E-state index in [9.17, 15) is 26.3 Å². The van der Waals surface area contributed by atoms with Crippen LogP contribution in [-0.2, 0) is 14.2 Å². The Balaban J connectivity index is 2.45. The summed E-state index contributed by atoms with van der Waals surface area (Å²) in [6.07, 6.45) is -8.22. The molecule has 0 aromatic rings. The molecule has 0 aromatic carbocycles. The third-order valence-corrected chi connectivity index (χ3v) is 4.31. The topological polar surface area (TPSA) is 27.7 Å². The zero-order valence-corrected chi connectivity index (χ0v) is 13.1. The molecule has 1 aliphatic heterocycles. The normalized spacial score (nSPS) is 26.7. The van der Waals surface area contributed by atoms with Crippen LogP contribution in [0.4, 0.5) is 26.3 Å². The molecule has 9 heteroatoms. The largest absolute Gasteiger partial charge is 0.468 e. The number of alkyl halides is 6. The molecule has 0 N–H and O–H groups in total. The first-order chi connectivity index (χ1) is 11.1. The first-order valence-corrected chi connectivity index (χ1v) is 7.40. The van der Waals surface area contributed by atoms with Gasteiger partial charge < -0.3 is 14.2 Å². The van der Waals surface area contributed by atoms with Crippen LogP contribution in [0.5, 0.6) is 0 Å². The van der Waals surface area contributed by atoms with Gasteiger partial charge in [-0.25, -0.2) is 0 Å². The van der Waals surface area contributed by atoms with Crippen molar-refractivity contribution < 1.29 is 40.6 Å². The van der Waals surface area contributed by atoms with Crippen LogP contribution in [0.3, 0.4) is 0 Å². The Bertz CT molecular complexity index is 506. The Morgan fingerprint density at radius 2 is 1.83 bits per heavy atom. The zero-order valence-electron chi connectivity index (χ0n) is 13.1. The van der Waals surface area contributed by atoms with Crippen LogP contribution in [0.25, 0.3) is 0 Å². The number of methoxy groups -OCH3 is 1. The highest BCUT2D eigenvalue weighted by molar-refractivity contribution is 5.34. The van der Waals surface area contributed by atoms with Gasteiger partial charge in [-0.15, -0.1) is 0 Å². The van der Waals surface area contributed by atoms with Crippen molar-refractivity contribution in [1.82, 2.24) is 0 Å². The quantitative estimate of drug-likeness (QED) is 0.539. The van der Waals surface area contributed by atoms with Crippen molar-refractivity contribution in [1.29, 1.82) is 0 Å². The number of hydrogen-bond donors (Lipinski definition) is 0. The molecule has 2 unspecified atom stereocenters. The van der Waals surface area contributed by atoms with E-state index in [1.807, 2.05) is 0 Å². The Morgan fingerprint density at radius 1 is 1.21 bits per heavy atom. The van der Waals surface area contributed by atoms with E-state index in [1.165, 1.54) is 7.11 Å². The van der Waals surface area contributed by atoms with Crippen molar-refractivity contribution in [2.24, 2.45) is 11.8 Å². The maximum Gasteiger partial charge on any atom is 0.427 e. The molecule has 138 valence electrons. The summed E-state index contributed by atoms with van der Waals surface area (Å²) in [5.41, 5.74) is -3.79. The Kier molecular flexibility index (Phi) is 5.25. The fourth-order valence-electron chi connectivity index (χ4n) is 3.32. The molecule has 2 atom stereocenters. The van der Waals surface area contributed by atoms with Crippen molar-refractivity contribution in [3.8, 4) is 0 Å². The third kappa shape index (κ3) is 2.92. The highest BCUT2D eigenvalue weighted by Crippen LogP contribution is 2.59. The summed E-state index contributed by atoms with van der Waals surface area (Å²) in [6, 6.07) is 0. The molecule has 1 aliphatic carbocycles. The van der Waals surface area contributed by atoms with Crippen molar-refractivity contribution in [3.05, 3.63) is 23.5 Å². The molecule has 24 heavy (non-hydrogen) atoms. The minimum atomic E-state index is -5.57. The lowest BCUT2D eigenvalue weighted by atomic mass is 9.73. The molecule has 1 saturated heterocycles. The lowest BCUT2D eigenvalue weighted by Gasteiger charge is -2.38. The van der Waals surface area contributed by atoms with Gasteiger partial charge in [-0.2, -0.15) is 26.3 Å². The molecule has 0 spiro atoms. The Hall–Kier alpha value is -1.22. The second kappa shape index (κ2) is 6.59. The fourth-order valence-corrected chi connectivity index (χ4v) is 3.32. The van der Waals surface area contributed by atoms with Crippen LogP contribution in [0.1, 0.15) is 19.8 Å². The molecule has 0 radical (unpaired) electrons. The molecule has 1 fully saturated rings. The molecule has 0 aromatic heterocycles. The second-order valence-electron chi connectivity index (χ2n) is 5.72. The van der Waals surface area contributed by atoms with Crippen molar-refractivity contribution in [2.75, 3.05) is 20.5 Å². The van der Waals surface area contributed by atoms with Crippen molar-refractivity contribution in [3.63, 3.8) is 0 Å². The van der Waals surface area contributed by atoms with Gasteiger partial charge in [0.25, 0.3) is 5.60 Å². The predicted octanol–water partition coefficient (Wildman–Crippen LogP) is 4.36. The summed E-state index contributed by atoms with van der Waals surface area (Å²) in [7, 11) is 1.37. The van der Waals surface area contributed by atoms with Gasteiger partial charge in [0.15, 0.2) is 6.79 Å². The third-order valence-electron chi connectivity index (χ3n) is 4.31. The van der Waals surface area contributed by atoms with E-state index in [0.29, 0.717) is 18.4 Å². The lowest BCUT2D eigenvalue weighted by molar-refractivity contribution is -0.376. The second-order valence-corrected chi connectivity index (χ2v) is 5.72. The van der Waals surface area contributed by atoms with Gasteiger partial charge >= 0.3 is 12.4 Å². The van der Waals surface area contributed by atoms with Crippen molar-refractivity contribution >= 4 is 0 Å². The van der Waals surface area contributed by atoms with E-state index in [1.54, 1.807) is 6.92 Å². The minimum absolute atomic E-state index is 0.144. The van der Waals surface area contributed by atoms with Crippen LogP contribution in [0.15, 0.2) is 23.5 Å². The zero-order chi connectivity index (χ0) is 18.2. The highest BCUT2D eigenvalue weighted by atomic mass is 19.4. The molecule has 3 nitrogen and oxygen atoms in total. The number of fused-ring (bicyclic) bond motifs is 1. The van der Waals surface area contributed by atoms with E-state index in [2.05, 4.69) is 4.74 Å². The highest BCUT2D eigenvalue weighted by Gasteiger charge is 2.79. The summed E-state index contributed by atoms with van der Waals surface area (Å²) < 4.78 is 94.6. The van der Waals surface area contributed by atoms with Crippen LogP contribution < -0.4 is 0 Å². The van der Waals surface area contributed by atoms with Gasteiger partial charge in [-0.1, -0.05) is 19.4 Å². The summed E-state index contributed by atoms with van der Waals surface area (Å²) in [6.45, 7) is 0.975. The Labute approximate surface area is 135 Å². The van der Waals surface area contributed by atoms with E-state index < -0.39 is 36.4 Å². The number of allylic oxidation sites excluding steroid dienone is 1. The fraction of sp³-hybridized carbons (Fsp3) is 0.733. The van der Waals surface area contributed by atoms with Gasteiger partial charge in [0.2, 0.25) is 0 Å². The number of ether oxygens (including phenoxy) is 3. The SMILES string of the molecule is CCCC1=C(OCOC)C=CC2C1COC2(C(F)(F)F)C(F)(F)F. The molecule has 0 bridgehead atoms. The van der Waals surface area contributed by atoms with Crippen LogP contribution in [0, 0.1) is 11.8 Å².